The summed E-state index contributed by atoms with van der Waals surface area (Å²) in [6.45, 7) is -1.98. The molecular weight excluding hydrogens is 368 g/mol. The van der Waals surface area contributed by atoms with Crippen LogP contribution in [0.3, 0.4) is 0 Å². The number of cyclic esters (lactones) is 1. The fourth-order valence-electron chi connectivity index (χ4n) is 4.58. The number of hydrogen-bond donors (Lipinski definition) is 1. The van der Waals surface area contributed by atoms with Gasteiger partial charge in [0.05, 0.1) is 18.4 Å². The van der Waals surface area contributed by atoms with Crippen molar-refractivity contribution in [1.82, 2.24) is 0 Å². The number of aliphatic hydroxyl groups excluding tert-OH is 1. The molecule has 1 unspecified atom stereocenters. The highest BCUT2D eigenvalue weighted by Crippen LogP contribution is 2.45. The Bertz CT molecular complexity index is 991. The molecule has 0 aromatic heterocycles. The molecule has 1 saturated heterocycles. The molecule has 1 heterocycles. The second-order valence-corrected chi connectivity index (χ2v) is 8.17. The van der Waals surface area contributed by atoms with E-state index in [2.05, 4.69) is 5.11 Å². The Balaban J connectivity index is 1.89. The Labute approximate surface area is 188 Å². The molecule has 29 heavy (non-hydrogen) atoms. The monoisotopic (exact) mass is 414 g/mol. The van der Waals surface area contributed by atoms with Crippen LogP contribution >= 0.6 is 0 Å². The van der Waals surface area contributed by atoms with Crippen molar-refractivity contribution in [3.8, 4) is 0 Å². The first-order valence-electron chi connectivity index (χ1n) is 15.2. The summed E-state index contributed by atoms with van der Waals surface area (Å²) in [5.41, 5.74) is 0.647. The molecule has 162 valence electrons. The van der Waals surface area contributed by atoms with Gasteiger partial charge < -0.3 is 14.6 Å². The molecule has 1 fully saturated rings. The second kappa shape index (κ2) is 9.46. The molecule has 8 atom stereocenters. The van der Waals surface area contributed by atoms with Crippen molar-refractivity contribution in [3.05, 3.63) is 23.8 Å². The number of carbonyl (C=O) groups is 2. The summed E-state index contributed by atoms with van der Waals surface area (Å²) < 4.78 is 89.2. The first-order chi connectivity index (χ1) is 17.9. The van der Waals surface area contributed by atoms with Crippen LogP contribution in [0.2, 0.25) is 0 Å². The second-order valence-electron chi connectivity index (χ2n) is 8.17. The first-order valence-corrected chi connectivity index (χ1v) is 10.3. The summed E-state index contributed by atoms with van der Waals surface area (Å²) in [5.74, 6) is -6.55. The van der Waals surface area contributed by atoms with Crippen LogP contribution in [0, 0.1) is 29.6 Å². The molecular formula is C24H36O5. The van der Waals surface area contributed by atoms with Gasteiger partial charge in [0.15, 0.2) is 0 Å². The van der Waals surface area contributed by atoms with Crippen LogP contribution in [-0.2, 0) is 19.1 Å². The van der Waals surface area contributed by atoms with E-state index in [1.54, 1.807) is 12.2 Å². The van der Waals surface area contributed by atoms with E-state index in [-0.39, 0.29) is 31.1 Å². The standard InChI is InChI=1S/C24H36O5/c1-5-15(3)24(27)29-21-11-14(2)10-17-7-6-16(4)20(23(17)21)9-8-19-12-18(25)13-22(26)28-19/h6-7,10,14-16,18-21,23,25H,5,8-9,11-13H2,1-4H3/t14-,15-,16-,18+,19?,20-,21-,23-/m0/s1/i2D3,3D3,13D2,15D,25D. The predicted molar refractivity (Wildman–Crippen MR) is 111 cm³/mol. The Morgan fingerprint density at radius 3 is 3.10 bits per heavy atom. The minimum atomic E-state index is -2.94. The van der Waals surface area contributed by atoms with Gasteiger partial charge in [-0.15, -0.1) is 0 Å². The molecule has 1 aliphatic heterocycles. The summed E-state index contributed by atoms with van der Waals surface area (Å²) in [7, 11) is 0. The van der Waals surface area contributed by atoms with Gasteiger partial charge in [0.1, 0.15) is 12.2 Å². The van der Waals surface area contributed by atoms with E-state index in [0.717, 1.165) is 0 Å². The van der Waals surface area contributed by atoms with Gasteiger partial charge in [-0.3, -0.25) is 9.59 Å². The molecule has 5 heteroatoms. The molecule has 0 amide bonds. The van der Waals surface area contributed by atoms with E-state index in [1.807, 2.05) is 13.0 Å². The van der Waals surface area contributed by atoms with E-state index >= 15 is 0 Å². The topological polar surface area (TPSA) is 72.8 Å². The lowest BCUT2D eigenvalue weighted by Crippen LogP contribution is -2.42. The fourth-order valence-corrected chi connectivity index (χ4v) is 4.58. The van der Waals surface area contributed by atoms with Crippen molar-refractivity contribution in [2.75, 3.05) is 0 Å². The fraction of sp³-hybridized carbons (Fsp3) is 0.750. The van der Waals surface area contributed by atoms with E-state index in [4.69, 9.17) is 23.2 Å². The highest BCUT2D eigenvalue weighted by molar-refractivity contribution is 5.72. The lowest BCUT2D eigenvalue weighted by molar-refractivity contribution is -0.162. The third-order valence-electron chi connectivity index (χ3n) is 6.10. The molecule has 5 nitrogen and oxygen atoms in total. The maximum atomic E-state index is 13.1. The number of rotatable bonds is 7. The molecule has 3 rings (SSSR count). The number of carbonyl (C=O) groups excluding carboxylic acids is 2. The smallest absolute Gasteiger partial charge is 0.308 e. The average Bonchev–Trinajstić information content (AvgIpc) is 2.83. The molecule has 0 bridgehead atoms. The number of esters is 2. The van der Waals surface area contributed by atoms with Gasteiger partial charge in [-0.25, -0.2) is 0 Å². The average molecular weight is 415 g/mol. The van der Waals surface area contributed by atoms with Gasteiger partial charge in [-0.1, -0.05) is 45.8 Å². The first kappa shape index (κ1) is 12.3. The largest absolute Gasteiger partial charge is 0.462 e. The van der Waals surface area contributed by atoms with Gasteiger partial charge in [0.25, 0.3) is 0 Å². The third-order valence-corrected chi connectivity index (χ3v) is 6.10. The van der Waals surface area contributed by atoms with Crippen molar-refractivity contribution < 1.29 is 36.5 Å². The lowest BCUT2D eigenvalue weighted by atomic mass is 9.65. The predicted octanol–water partition coefficient (Wildman–Crippen LogP) is 4.20. The van der Waals surface area contributed by atoms with Crippen molar-refractivity contribution in [3.63, 3.8) is 0 Å². The zero-order valence-corrected chi connectivity index (χ0v) is 16.9. The number of ether oxygens (including phenoxy) is 2. The molecule has 3 aliphatic rings. The van der Waals surface area contributed by atoms with Crippen molar-refractivity contribution in [2.24, 2.45) is 29.6 Å². The number of fused-ring (bicyclic) bond motifs is 1. The quantitative estimate of drug-likeness (QED) is 0.632. The van der Waals surface area contributed by atoms with E-state index in [9.17, 15) is 9.59 Å². The Morgan fingerprint density at radius 1 is 1.52 bits per heavy atom. The number of aliphatic hydroxyl groups is 1. The molecule has 1 N–H and O–H groups in total. The zero-order valence-electron chi connectivity index (χ0n) is 26.9. The lowest BCUT2D eigenvalue weighted by Gasteiger charge is -2.43. The zero-order chi connectivity index (χ0) is 29.6. The highest BCUT2D eigenvalue weighted by atomic mass is 16.5. The molecule has 2 aliphatic carbocycles. The molecule has 0 aromatic rings. The maximum Gasteiger partial charge on any atom is 0.308 e. The summed E-state index contributed by atoms with van der Waals surface area (Å²) in [5, 5.41) is 4.46. The van der Waals surface area contributed by atoms with Crippen LogP contribution < -0.4 is 0 Å². The minimum absolute atomic E-state index is 0.0114. The van der Waals surface area contributed by atoms with Crippen molar-refractivity contribution in [1.29, 1.82) is 1.43 Å². The number of allylic oxidation sites excluding steroid dienone is 3. The van der Waals surface area contributed by atoms with Gasteiger partial charge in [0.2, 0.25) is 1.43 Å². The van der Waals surface area contributed by atoms with E-state index in [1.165, 1.54) is 6.92 Å². The van der Waals surface area contributed by atoms with Crippen LogP contribution in [0.5, 0.6) is 0 Å². The molecule has 0 spiro atoms. The van der Waals surface area contributed by atoms with Crippen LogP contribution in [0.1, 0.15) is 78.4 Å². The minimum Gasteiger partial charge on any atom is -0.462 e. The van der Waals surface area contributed by atoms with Crippen LogP contribution in [0.4, 0.5) is 0 Å². The third kappa shape index (κ3) is 5.30. The normalized spacial score (nSPS) is 46.6. The SMILES string of the molecule is [2H]O[C@@H]1CC(CC[C@@H]2[C@@H]3C(=C[C@H](C([2H])([2H])[2H])C[C@@H]3OC(=O)[C@]([2H])(CC)C([2H])([2H])[2H])C=C[C@@H]2C)OC(=O)C1([2H])[2H]. The van der Waals surface area contributed by atoms with Gasteiger partial charge >= 0.3 is 11.9 Å². The molecule has 0 saturated carbocycles. The Morgan fingerprint density at radius 2 is 2.38 bits per heavy atom. The van der Waals surface area contributed by atoms with Gasteiger partial charge in [-0.2, -0.15) is 0 Å². The van der Waals surface area contributed by atoms with Gasteiger partial charge in [-0.05, 0) is 49.0 Å². The Kier molecular flexibility index (Phi) is 4.01. The van der Waals surface area contributed by atoms with E-state index < -0.39 is 68.1 Å². The van der Waals surface area contributed by atoms with Crippen LogP contribution in [-0.4, -0.2) is 36.8 Å². The maximum absolute atomic E-state index is 13.1. The number of hydrogen-bond acceptors (Lipinski definition) is 5. The molecule has 0 aromatic carbocycles. The van der Waals surface area contributed by atoms with Crippen molar-refractivity contribution >= 4 is 11.9 Å². The summed E-state index contributed by atoms with van der Waals surface area (Å²) in [4.78, 5) is 25.3. The van der Waals surface area contributed by atoms with E-state index in [0.29, 0.717) is 18.4 Å². The van der Waals surface area contributed by atoms with Crippen LogP contribution in [0.25, 0.3) is 0 Å². The summed E-state index contributed by atoms with van der Waals surface area (Å²) in [6.07, 6.45) is 0.250. The summed E-state index contributed by atoms with van der Waals surface area (Å²) in [6, 6.07) is 0. The molecule has 0 radical (unpaired) electrons. The van der Waals surface area contributed by atoms with Gasteiger partial charge in [0, 0.05) is 24.7 Å². The highest BCUT2D eigenvalue weighted by Gasteiger charge is 2.42. The summed E-state index contributed by atoms with van der Waals surface area (Å²) >= 11 is 0. The van der Waals surface area contributed by atoms with Crippen LogP contribution in [0.15, 0.2) is 23.8 Å². The Hall–Kier alpha value is -1.62. The van der Waals surface area contributed by atoms with Crippen molar-refractivity contribution in [2.45, 2.75) is 84.3 Å².